The summed E-state index contributed by atoms with van der Waals surface area (Å²) < 4.78 is 21.0. The third-order valence-corrected chi connectivity index (χ3v) is 25.9. The summed E-state index contributed by atoms with van der Waals surface area (Å²) >= 11 is 12.7. The molecule has 5 atom stereocenters. The van der Waals surface area contributed by atoms with Crippen LogP contribution in [0.1, 0.15) is 127 Å². The molecule has 150 heavy (non-hydrogen) atoms. The lowest BCUT2D eigenvalue weighted by atomic mass is 10.0. The number of imidazole rings is 4. The SMILES string of the molecule is CC[C@H](Nc1nccc2[nH]cnc12)c1nc2cccc(F)c2c(=O)n1-c1ccccc1.C[C@H](Nc1ncnc2nc[nH]c12)c1cc2cccc(Cl)c2c(=O)n1-c1ccccc1.Cc1ccc2cc([C@H](C)Nc3ncnc4nc[nH]c34)c(-c3ccccn3)nc2c1.Cc1ccc2cc([C@H](C)Nc3ncnc4nc[nH]c34)n(-c3ccccc3)c(=O)c2c1.Cc1nccnc1C(=O)N[C@@H](C)c1nc2cccc(Cl)c2c(=O)n1-c1ccccc1. The third kappa shape index (κ3) is 20.3. The van der Waals surface area contributed by atoms with E-state index in [1.165, 1.54) is 52.1 Å². The predicted octanol–water partition coefficient (Wildman–Crippen LogP) is 21.1. The Labute approximate surface area is 862 Å². The van der Waals surface area contributed by atoms with Gasteiger partial charge in [0.2, 0.25) is 0 Å². The van der Waals surface area contributed by atoms with Crippen LogP contribution in [-0.2, 0) is 0 Å². The number of nitrogens with zero attached hydrogens (tertiary/aromatic N) is 21. The largest absolute Gasteiger partial charge is 0.362 e. The lowest BCUT2D eigenvalue weighted by Gasteiger charge is -2.22. The summed E-state index contributed by atoms with van der Waals surface area (Å²) in [7, 11) is 0. The van der Waals surface area contributed by atoms with E-state index in [2.05, 4.69) is 165 Å². The summed E-state index contributed by atoms with van der Waals surface area (Å²) in [6.45, 7) is 15.6. The summed E-state index contributed by atoms with van der Waals surface area (Å²) in [5.74, 6) is 2.42. The Morgan fingerprint density at radius 3 is 1.45 bits per heavy atom. The van der Waals surface area contributed by atoms with E-state index >= 15 is 0 Å². The van der Waals surface area contributed by atoms with E-state index in [0.717, 1.165) is 83.5 Å². The fourth-order valence-corrected chi connectivity index (χ4v) is 18.5. The smallest absolute Gasteiger partial charge is 0.272 e. The monoisotopic (exact) mass is 2030 g/mol. The van der Waals surface area contributed by atoms with Gasteiger partial charge in [-0.2, -0.15) is 0 Å². The van der Waals surface area contributed by atoms with E-state index in [1.807, 2.05) is 185 Å². The van der Waals surface area contributed by atoms with Gasteiger partial charge in [-0.05, 0) is 199 Å². The van der Waals surface area contributed by atoms with Crippen molar-refractivity contribution in [3.63, 3.8) is 0 Å². The molecule has 9 N–H and O–H groups in total. The molecule has 0 aliphatic heterocycles. The van der Waals surface area contributed by atoms with Crippen molar-refractivity contribution in [3.05, 3.63) is 432 Å². The third-order valence-electron chi connectivity index (χ3n) is 25.2. The molecule has 9 aromatic carbocycles. The van der Waals surface area contributed by atoms with Crippen molar-refractivity contribution in [2.24, 2.45) is 0 Å². The highest BCUT2D eigenvalue weighted by atomic mass is 35.5. The van der Waals surface area contributed by atoms with Crippen molar-refractivity contribution in [1.29, 1.82) is 0 Å². The van der Waals surface area contributed by atoms with Gasteiger partial charge in [-0.1, -0.05) is 163 Å². The van der Waals surface area contributed by atoms with Gasteiger partial charge in [0.15, 0.2) is 40.2 Å². The number of carbonyl (C=O) groups is 1. The number of H-pyrrole nitrogens is 4. The van der Waals surface area contributed by atoms with Gasteiger partial charge in [-0.15, -0.1) is 0 Å². The van der Waals surface area contributed by atoms with Crippen LogP contribution in [0.15, 0.2) is 343 Å². The number of anilines is 4. The van der Waals surface area contributed by atoms with Gasteiger partial charge < -0.3 is 46.5 Å². The first kappa shape index (κ1) is 98.2. The Morgan fingerprint density at radius 2 is 0.873 bits per heavy atom. The Bertz CT molecular complexity index is 9410. The minimum Gasteiger partial charge on any atom is -0.362 e. The number of amides is 1. The summed E-state index contributed by atoms with van der Waals surface area (Å²) in [5, 5.41) is 21.6. The van der Waals surface area contributed by atoms with Gasteiger partial charge >= 0.3 is 0 Å². The number of nitrogens with one attached hydrogen (secondary N) is 9. The predicted molar refractivity (Wildman–Crippen MR) is 583 cm³/mol. The normalized spacial score (nSPS) is 12.3. The van der Waals surface area contributed by atoms with Crippen LogP contribution >= 0.6 is 23.2 Å². The van der Waals surface area contributed by atoms with Crippen LogP contribution in [0.25, 0.3) is 133 Å². The first-order chi connectivity index (χ1) is 73.1. The van der Waals surface area contributed by atoms with Gasteiger partial charge in [0, 0.05) is 63.9 Å². The first-order valence-electron chi connectivity index (χ1n) is 47.9. The highest BCUT2D eigenvalue weighted by Crippen LogP contribution is 2.37. The molecule has 15 aromatic heterocycles. The van der Waals surface area contributed by atoms with Crippen LogP contribution in [0, 0.1) is 26.6 Å². The maximum Gasteiger partial charge on any atom is 0.272 e. The molecule has 24 rings (SSSR count). The number of rotatable bonds is 21. The quantitative estimate of drug-likeness (QED) is 0.0323. The number of hydrogen-bond acceptors (Lipinski definition) is 26. The summed E-state index contributed by atoms with van der Waals surface area (Å²) in [6.07, 6.45) is 17.9. The van der Waals surface area contributed by atoms with E-state index in [-0.39, 0.29) is 51.9 Å². The number of halogens is 3. The Hall–Kier alpha value is -19.2. The molecule has 38 heteroatoms. The lowest BCUT2D eigenvalue weighted by molar-refractivity contribution is 0.0931. The molecule has 0 unspecified atom stereocenters. The van der Waals surface area contributed by atoms with Gasteiger partial charge in [0.05, 0.1) is 127 Å². The van der Waals surface area contributed by atoms with E-state index in [1.54, 1.807) is 121 Å². The van der Waals surface area contributed by atoms with E-state index in [9.17, 15) is 28.4 Å². The van der Waals surface area contributed by atoms with E-state index in [0.29, 0.717) is 124 Å². The second kappa shape index (κ2) is 43.4. The van der Waals surface area contributed by atoms with Crippen LogP contribution in [0.3, 0.4) is 0 Å². The number of aromatic amines is 4. The molecule has 0 saturated heterocycles. The molecule has 0 radical (unpaired) electrons. The number of hydrogen-bond donors (Lipinski definition) is 9. The summed E-state index contributed by atoms with van der Waals surface area (Å²) in [5.41, 5.74) is 16.5. The van der Waals surface area contributed by atoms with Crippen LogP contribution in [0.2, 0.25) is 10.0 Å². The molecule has 0 spiro atoms. The van der Waals surface area contributed by atoms with Crippen molar-refractivity contribution in [3.8, 4) is 34.1 Å². The van der Waals surface area contributed by atoms with Crippen molar-refractivity contribution >= 4 is 151 Å². The zero-order valence-corrected chi connectivity index (χ0v) is 83.3. The minimum absolute atomic E-state index is 0.0301. The topological polar surface area (TPSA) is 448 Å². The Morgan fingerprint density at radius 1 is 0.380 bits per heavy atom. The van der Waals surface area contributed by atoms with Crippen molar-refractivity contribution in [2.45, 2.75) is 92.0 Å². The average molecular weight is 2030 g/mol. The maximum absolute atomic E-state index is 14.6. The number of fused-ring (bicyclic) bond motifs is 9. The molecular formula is C112H93Cl2FN30O5. The average Bonchev–Trinajstić information content (AvgIpc) is 0.996. The van der Waals surface area contributed by atoms with Crippen molar-refractivity contribution in [1.82, 2.24) is 128 Å². The molecule has 15 heterocycles. The second-order valence-corrected chi connectivity index (χ2v) is 36.0. The zero-order chi connectivity index (χ0) is 104. The zero-order valence-electron chi connectivity index (χ0n) is 81.8. The molecule has 1 amide bonds. The Balaban J connectivity index is 0.000000113. The van der Waals surface area contributed by atoms with Crippen LogP contribution in [0.4, 0.5) is 27.7 Å². The standard InChI is InChI=1S/C23H19FN6O.C23H20N6O.C22H17ClN6O.C22H18ClN5O2.C22H19N7/c1-2-16(28-21-20-18(11-12-25-21)26-13-27-20)22-29-17-10-6-9-15(24)19(17)23(31)30(22)14-7-4-3-5-8-14;1-14-8-9-16-11-19(15(2)28-22-20-21(25-12-24-20)26-13-27-22)29(23(30)18(16)10-14)17-6-4-3-5-7-17;1-13(28-21-19-20(25-11-24-19)26-12-27-21)17-10-14-6-5-9-16(23)18(14)22(30)29(17)15-7-3-2-4-8-15;1-13-19(25-12-11-24-13)21(29)26-14(2)20-27-17-10-6-9-16(23)18(17)22(30)28(20)15-7-4-3-5-8-15;1-13-6-7-15-10-16(19(29-18(15)9-13)17-5-3-4-8-23-17)14(2)28-22-20-21(25-11-24-20)26-12-27-22/h3-13,16H,2H2,1H3,(H,25,28)(H,26,27);3-13,15H,1-2H3,(H2,24,25,26,27,28);2-13H,1H3,(H2,24,25,26,27,28);3-12,14H,1-2H3,(H,26,29);3-12,14H,1-2H3,(H2,24,25,26,27,28)/t16-;15-;13-;2*14-/m00000/s1. The number of carbonyl (C=O) groups excluding carboxylic acids is 1. The summed E-state index contributed by atoms with van der Waals surface area (Å²) in [6, 6.07) is 77.3. The number of benzene rings is 9. The van der Waals surface area contributed by atoms with Gasteiger partial charge in [-0.25, -0.2) is 79.2 Å². The molecule has 0 fully saturated rings. The van der Waals surface area contributed by atoms with Crippen LogP contribution in [-0.4, -0.2) is 129 Å². The molecule has 0 bridgehead atoms. The van der Waals surface area contributed by atoms with E-state index in [4.69, 9.17) is 33.2 Å². The first-order valence-corrected chi connectivity index (χ1v) is 48.7. The molecule has 24 aromatic rings. The fourth-order valence-electron chi connectivity index (χ4n) is 17.9. The Kier molecular flexibility index (Phi) is 28.4. The van der Waals surface area contributed by atoms with Gasteiger partial charge in [0.1, 0.15) is 69.6 Å². The highest BCUT2D eigenvalue weighted by Gasteiger charge is 2.29. The minimum atomic E-state index is -0.588. The highest BCUT2D eigenvalue weighted by molar-refractivity contribution is 6.35. The lowest BCUT2D eigenvalue weighted by Crippen LogP contribution is -2.34. The van der Waals surface area contributed by atoms with Crippen LogP contribution < -0.4 is 48.8 Å². The fraction of sp³-hybridized carbons (Fsp3) is 0.125. The summed E-state index contributed by atoms with van der Waals surface area (Å²) in [4.78, 5) is 153. The molecule has 0 saturated carbocycles. The molecule has 35 nitrogen and oxygen atoms in total. The number of pyridine rings is 5. The molecule has 742 valence electrons. The number of aromatic nitrogens is 25. The number of para-hydroxylation sites is 4. The molecular weight excluding hydrogens is 1940 g/mol. The molecule has 0 aliphatic carbocycles. The van der Waals surface area contributed by atoms with Crippen LogP contribution in [0.5, 0.6) is 0 Å². The molecule has 0 aliphatic rings. The van der Waals surface area contributed by atoms with E-state index < -0.39 is 23.3 Å². The van der Waals surface area contributed by atoms with Crippen molar-refractivity contribution in [2.75, 3.05) is 21.3 Å². The van der Waals surface area contributed by atoms with Crippen molar-refractivity contribution < 1.29 is 9.18 Å². The number of aryl methyl sites for hydroxylation is 3. The van der Waals surface area contributed by atoms with Gasteiger partial charge in [0.25, 0.3) is 28.1 Å². The second-order valence-electron chi connectivity index (χ2n) is 35.2. The maximum atomic E-state index is 14.6. The van der Waals surface area contributed by atoms with Gasteiger partial charge in [-0.3, -0.25) is 52.2 Å².